The SMILES string of the molecule is COCCNCC(=O)N1CCCN(C2CCCC2)CC1. The Morgan fingerprint density at radius 3 is 2.70 bits per heavy atom. The molecule has 0 aromatic carbocycles. The van der Waals surface area contributed by atoms with E-state index in [9.17, 15) is 4.79 Å². The fourth-order valence-electron chi connectivity index (χ4n) is 3.30. The van der Waals surface area contributed by atoms with Crippen molar-refractivity contribution < 1.29 is 9.53 Å². The first-order valence-electron chi connectivity index (χ1n) is 8.02. The van der Waals surface area contributed by atoms with Crippen LogP contribution < -0.4 is 5.32 Å². The minimum atomic E-state index is 0.231. The first kappa shape index (κ1) is 15.7. The average Bonchev–Trinajstić information content (AvgIpc) is 2.88. The van der Waals surface area contributed by atoms with E-state index in [0.29, 0.717) is 13.2 Å². The van der Waals surface area contributed by atoms with E-state index in [-0.39, 0.29) is 5.91 Å². The van der Waals surface area contributed by atoms with E-state index in [2.05, 4.69) is 10.2 Å². The van der Waals surface area contributed by atoms with Crippen molar-refractivity contribution in [3.8, 4) is 0 Å². The molecule has 0 bridgehead atoms. The number of nitrogens with zero attached hydrogens (tertiary/aromatic N) is 2. The number of nitrogens with one attached hydrogen (secondary N) is 1. The predicted octanol–water partition coefficient (Wildman–Crippen LogP) is 0.699. The van der Waals surface area contributed by atoms with Crippen molar-refractivity contribution in [1.29, 1.82) is 0 Å². The molecule has 0 aromatic rings. The molecule has 1 saturated carbocycles. The highest BCUT2D eigenvalue weighted by Crippen LogP contribution is 2.24. The van der Waals surface area contributed by atoms with E-state index in [4.69, 9.17) is 4.74 Å². The summed E-state index contributed by atoms with van der Waals surface area (Å²) in [6.07, 6.45) is 6.58. The maximum absolute atomic E-state index is 12.1. The number of ether oxygens (including phenoxy) is 1. The number of amides is 1. The summed E-state index contributed by atoms with van der Waals surface area (Å²) in [5.41, 5.74) is 0. The van der Waals surface area contributed by atoms with Gasteiger partial charge in [0.15, 0.2) is 0 Å². The van der Waals surface area contributed by atoms with Gasteiger partial charge in [0, 0.05) is 45.9 Å². The molecule has 1 aliphatic heterocycles. The maximum Gasteiger partial charge on any atom is 0.236 e. The van der Waals surface area contributed by atoms with Crippen molar-refractivity contribution >= 4 is 5.91 Å². The highest BCUT2D eigenvalue weighted by atomic mass is 16.5. The topological polar surface area (TPSA) is 44.8 Å². The molecule has 1 aliphatic carbocycles. The van der Waals surface area contributed by atoms with Gasteiger partial charge in [-0.15, -0.1) is 0 Å². The first-order chi connectivity index (χ1) is 9.81. The van der Waals surface area contributed by atoms with Gasteiger partial charge in [-0.25, -0.2) is 0 Å². The number of carbonyl (C=O) groups excluding carboxylic acids is 1. The second-order valence-corrected chi connectivity index (χ2v) is 5.88. The fraction of sp³-hybridized carbons (Fsp3) is 0.933. The largest absolute Gasteiger partial charge is 0.383 e. The molecule has 2 fully saturated rings. The Kier molecular flexibility index (Phi) is 6.76. The van der Waals surface area contributed by atoms with Crippen LogP contribution in [0.25, 0.3) is 0 Å². The Morgan fingerprint density at radius 1 is 1.15 bits per heavy atom. The Labute approximate surface area is 122 Å². The summed E-state index contributed by atoms with van der Waals surface area (Å²) in [6.45, 7) is 5.84. The molecule has 1 saturated heterocycles. The molecule has 5 nitrogen and oxygen atoms in total. The van der Waals surface area contributed by atoms with Gasteiger partial charge in [-0.1, -0.05) is 12.8 Å². The van der Waals surface area contributed by atoms with E-state index in [1.165, 1.54) is 25.7 Å². The fourth-order valence-corrected chi connectivity index (χ4v) is 3.30. The van der Waals surface area contributed by atoms with E-state index < -0.39 is 0 Å². The third-order valence-corrected chi connectivity index (χ3v) is 4.48. The molecule has 2 rings (SSSR count). The number of carbonyl (C=O) groups is 1. The molecule has 116 valence electrons. The van der Waals surface area contributed by atoms with Gasteiger partial charge >= 0.3 is 0 Å². The molecule has 0 unspecified atom stereocenters. The lowest BCUT2D eigenvalue weighted by Gasteiger charge is -2.27. The van der Waals surface area contributed by atoms with Crippen LogP contribution in [0, 0.1) is 0 Å². The van der Waals surface area contributed by atoms with Gasteiger partial charge in [0.05, 0.1) is 13.2 Å². The monoisotopic (exact) mass is 283 g/mol. The van der Waals surface area contributed by atoms with Crippen LogP contribution in [0.1, 0.15) is 32.1 Å². The zero-order valence-electron chi connectivity index (χ0n) is 12.8. The molecule has 1 heterocycles. The standard InChI is InChI=1S/C15H29N3O2/c1-20-12-7-16-13-15(19)18-9-4-8-17(10-11-18)14-5-2-3-6-14/h14,16H,2-13H2,1H3. The smallest absolute Gasteiger partial charge is 0.236 e. The first-order valence-corrected chi connectivity index (χ1v) is 8.02. The van der Waals surface area contributed by atoms with Crippen LogP contribution in [0.4, 0.5) is 0 Å². The summed E-state index contributed by atoms with van der Waals surface area (Å²) in [4.78, 5) is 16.8. The second-order valence-electron chi connectivity index (χ2n) is 5.88. The Hall–Kier alpha value is -0.650. The summed E-state index contributed by atoms with van der Waals surface area (Å²) >= 11 is 0. The zero-order valence-corrected chi connectivity index (χ0v) is 12.8. The lowest BCUT2D eigenvalue weighted by Crippen LogP contribution is -2.42. The lowest BCUT2D eigenvalue weighted by atomic mass is 10.2. The minimum absolute atomic E-state index is 0.231. The molecule has 0 radical (unpaired) electrons. The molecule has 5 heteroatoms. The average molecular weight is 283 g/mol. The van der Waals surface area contributed by atoms with E-state index in [1.54, 1.807) is 7.11 Å². The molecule has 0 spiro atoms. The lowest BCUT2D eigenvalue weighted by molar-refractivity contribution is -0.130. The summed E-state index contributed by atoms with van der Waals surface area (Å²) in [5, 5.41) is 3.14. The highest BCUT2D eigenvalue weighted by molar-refractivity contribution is 5.78. The van der Waals surface area contributed by atoms with Crippen LogP contribution in [0.2, 0.25) is 0 Å². The summed E-state index contributed by atoms with van der Waals surface area (Å²) in [5.74, 6) is 0.231. The van der Waals surface area contributed by atoms with Crippen LogP contribution >= 0.6 is 0 Å². The molecule has 0 aromatic heterocycles. The Morgan fingerprint density at radius 2 is 1.95 bits per heavy atom. The van der Waals surface area contributed by atoms with Crippen LogP contribution in [0.5, 0.6) is 0 Å². The normalized spacial score (nSPS) is 22.1. The van der Waals surface area contributed by atoms with E-state index in [0.717, 1.165) is 45.2 Å². The molecular formula is C15H29N3O2. The van der Waals surface area contributed by atoms with Gasteiger partial charge in [0.25, 0.3) is 0 Å². The van der Waals surface area contributed by atoms with Crippen molar-refractivity contribution in [2.45, 2.75) is 38.1 Å². The predicted molar refractivity (Wildman–Crippen MR) is 79.8 cm³/mol. The summed E-state index contributed by atoms with van der Waals surface area (Å²) < 4.78 is 4.97. The van der Waals surface area contributed by atoms with Crippen LogP contribution in [0.15, 0.2) is 0 Å². The highest BCUT2D eigenvalue weighted by Gasteiger charge is 2.25. The Balaban J connectivity index is 1.70. The quantitative estimate of drug-likeness (QED) is 0.729. The van der Waals surface area contributed by atoms with Crippen LogP contribution in [0.3, 0.4) is 0 Å². The second kappa shape index (κ2) is 8.60. The molecule has 2 aliphatic rings. The van der Waals surface area contributed by atoms with E-state index in [1.807, 2.05) is 4.90 Å². The van der Waals surface area contributed by atoms with Gasteiger partial charge in [-0.3, -0.25) is 9.69 Å². The third-order valence-electron chi connectivity index (χ3n) is 4.48. The molecule has 0 atom stereocenters. The van der Waals surface area contributed by atoms with Crippen molar-refractivity contribution in [2.75, 3.05) is 53.0 Å². The van der Waals surface area contributed by atoms with Gasteiger partial charge in [-0.05, 0) is 19.3 Å². The summed E-state index contributed by atoms with van der Waals surface area (Å²) in [7, 11) is 1.68. The number of rotatable bonds is 6. The number of hydrogen-bond donors (Lipinski definition) is 1. The van der Waals surface area contributed by atoms with Crippen molar-refractivity contribution in [3.63, 3.8) is 0 Å². The molecular weight excluding hydrogens is 254 g/mol. The van der Waals surface area contributed by atoms with Gasteiger partial charge in [0.1, 0.15) is 0 Å². The van der Waals surface area contributed by atoms with Crippen LogP contribution in [-0.2, 0) is 9.53 Å². The molecule has 1 N–H and O–H groups in total. The number of methoxy groups -OCH3 is 1. The van der Waals surface area contributed by atoms with Crippen LogP contribution in [-0.4, -0.2) is 74.7 Å². The minimum Gasteiger partial charge on any atom is -0.383 e. The summed E-state index contributed by atoms with van der Waals surface area (Å²) in [6, 6.07) is 0.782. The van der Waals surface area contributed by atoms with Gasteiger partial charge < -0.3 is 15.0 Å². The van der Waals surface area contributed by atoms with Crippen molar-refractivity contribution in [3.05, 3.63) is 0 Å². The Bertz CT molecular complexity index is 293. The van der Waals surface area contributed by atoms with Crippen molar-refractivity contribution in [1.82, 2.24) is 15.1 Å². The molecule has 20 heavy (non-hydrogen) atoms. The van der Waals surface area contributed by atoms with Gasteiger partial charge in [-0.2, -0.15) is 0 Å². The van der Waals surface area contributed by atoms with E-state index >= 15 is 0 Å². The maximum atomic E-state index is 12.1. The van der Waals surface area contributed by atoms with Gasteiger partial charge in [0.2, 0.25) is 5.91 Å². The number of hydrogen-bond acceptors (Lipinski definition) is 4. The zero-order chi connectivity index (χ0) is 14.2. The molecule has 1 amide bonds. The third kappa shape index (κ3) is 4.72. The van der Waals surface area contributed by atoms with Crippen molar-refractivity contribution in [2.24, 2.45) is 0 Å².